The molecule has 0 amide bonds. The van der Waals surface area contributed by atoms with Gasteiger partial charge in [0.05, 0.1) is 32.3 Å². The summed E-state index contributed by atoms with van der Waals surface area (Å²) in [5.74, 6) is 0. The Balaban J connectivity index is 2.86. The van der Waals surface area contributed by atoms with Gasteiger partial charge in [-0.3, -0.25) is 4.57 Å². The highest BCUT2D eigenvalue weighted by Crippen LogP contribution is 2.47. The molecule has 13 heteroatoms. The monoisotopic (exact) mass is 491 g/mol. The number of hydrogen-bond donors (Lipinski definition) is 0. The molecule has 0 aliphatic carbocycles. The average Bonchev–Trinajstić information content (AvgIpc) is 2.81. The third-order valence-electron chi connectivity index (χ3n) is 3.53. The van der Waals surface area contributed by atoms with Crippen LogP contribution >= 0.6 is 46.6 Å². The first-order valence-electron chi connectivity index (χ1n) is 7.34. The average molecular weight is 493 g/mol. The molecule has 0 aliphatic heterocycles. The maximum absolute atomic E-state index is 13.0. The number of thioether (sulfide) groups is 1. The molecule has 0 radical (unpaired) electrons. The van der Waals surface area contributed by atoms with Crippen molar-refractivity contribution in [1.82, 2.24) is 4.57 Å². The summed E-state index contributed by atoms with van der Waals surface area (Å²) >= 11 is 17.4. The van der Waals surface area contributed by atoms with Crippen LogP contribution in [0.15, 0.2) is 17.0 Å². The maximum Gasteiger partial charge on any atom is 0.446 e. The molecule has 0 aliphatic rings. The van der Waals surface area contributed by atoms with Crippen molar-refractivity contribution in [3.8, 4) is 17.8 Å². The minimum Gasteiger partial charge on any atom is -0.299 e. The van der Waals surface area contributed by atoms with Gasteiger partial charge in [0, 0.05) is 18.5 Å². The predicted molar refractivity (Wildman–Crippen MR) is 96.4 cm³/mol. The fourth-order valence-corrected chi connectivity index (χ4v) is 4.29. The highest BCUT2D eigenvalue weighted by Gasteiger charge is 2.37. The van der Waals surface area contributed by atoms with Crippen LogP contribution in [0.25, 0.3) is 5.69 Å². The summed E-state index contributed by atoms with van der Waals surface area (Å²) in [6.45, 7) is 0. The van der Waals surface area contributed by atoms with Gasteiger partial charge in [-0.1, -0.05) is 34.8 Å². The molecule has 1 aromatic carbocycles. The zero-order valence-electron chi connectivity index (χ0n) is 13.7. The Morgan fingerprint density at radius 2 is 1.55 bits per heavy atom. The molecular formula is C16H6Cl3F6N3S. The first-order valence-corrected chi connectivity index (χ1v) is 9.29. The number of aromatic nitrogens is 1. The number of nitrogens with zero attached hydrogens (tertiary/aromatic N) is 3. The largest absolute Gasteiger partial charge is 0.446 e. The number of alkyl halides is 6. The van der Waals surface area contributed by atoms with E-state index in [2.05, 4.69) is 0 Å². The third kappa shape index (κ3) is 5.07. The zero-order chi connectivity index (χ0) is 22.1. The van der Waals surface area contributed by atoms with E-state index < -0.39 is 54.7 Å². The molecule has 0 atom stereocenters. The lowest BCUT2D eigenvalue weighted by atomic mass is 10.2. The van der Waals surface area contributed by atoms with Crippen molar-refractivity contribution in [1.29, 1.82) is 10.5 Å². The number of halogens is 9. The topological polar surface area (TPSA) is 52.5 Å². The van der Waals surface area contributed by atoms with E-state index in [9.17, 15) is 31.6 Å². The van der Waals surface area contributed by atoms with Gasteiger partial charge >= 0.3 is 11.7 Å². The van der Waals surface area contributed by atoms with Gasteiger partial charge in [-0.15, -0.1) is 0 Å². The third-order valence-corrected chi connectivity index (χ3v) is 5.34. The van der Waals surface area contributed by atoms with Gasteiger partial charge in [-0.25, -0.2) is 0 Å². The van der Waals surface area contributed by atoms with Crippen molar-refractivity contribution in [2.45, 2.75) is 29.4 Å². The highest BCUT2D eigenvalue weighted by molar-refractivity contribution is 8.00. The summed E-state index contributed by atoms with van der Waals surface area (Å²) in [4.78, 5) is -0.577. The second-order valence-electron chi connectivity index (χ2n) is 5.38. The van der Waals surface area contributed by atoms with Crippen molar-refractivity contribution in [2.75, 3.05) is 0 Å². The Kier molecular flexibility index (Phi) is 6.96. The van der Waals surface area contributed by atoms with Crippen LogP contribution in [0.3, 0.4) is 0 Å². The van der Waals surface area contributed by atoms with Crippen LogP contribution in [0.2, 0.25) is 15.2 Å². The zero-order valence-corrected chi connectivity index (χ0v) is 16.8. The van der Waals surface area contributed by atoms with Gasteiger partial charge in [-0.05, 0) is 23.9 Å². The van der Waals surface area contributed by atoms with E-state index in [0.717, 1.165) is 4.57 Å². The predicted octanol–water partition coefficient (Wildman–Crippen LogP) is 7.40. The minimum atomic E-state index is -4.80. The Labute approximate surface area is 179 Å². The number of rotatable bonds is 4. The molecule has 0 N–H and O–H groups in total. The fraction of sp³-hybridized carbons (Fsp3) is 0.250. The molecule has 0 unspecified atom stereocenters. The van der Waals surface area contributed by atoms with E-state index >= 15 is 0 Å². The summed E-state index contributed by atoms with van der Waals surface area (Å²) in [6.07, 6.45) is -5.32. The summed E-state index contributed by atoms with van der Waals surface area (Å²) in [6, 6.07) is 4.37. The number of benzene rings is 1. The molecule has 0 saturated carbocycles. The SMILES string of the molecule is N#CCCc1c(SC(F)(F)F)c(C#N)c(Cl)n1-c1c(Cl)cc(C(F)(F)F)cc1Cl. The van der Waals surface area contributed by atoms with Crippen molar-refractivity contribution >= 4 is 46.6 Å². The molecule has 0 bridgehead atoms. The van der Waals surface area contributed by atoms with Crippen LogP contribution in [0.1, 0.15) is 23.2 Å². The number of hydrogen-bond acceptors (Lipinski definition) is 3. The fourth-order valence-electron chi connectivity index (χ4n) is 2.47. The summed E-state index contributed by atoms with van der Waals surface area (Å²) in [5.41, 5.74) is -7.09. The normalized spacial score (nSPS) is 12.0. The van der Waals surface area contributed by atoms with Gasteiger partial charge in [-0.2, -0.15) is 36.9 Å². The summed E-state index contributed by atoms with van der Waals surface area (Å²) < 4.78 is 78.8. The van der Waals surface area contributed by atoms with Crippen LogP contribution in [0.4, 0.5) is 26.3 Å². The second-order valence-corrected chi connectivity index (χ2v) is 7.63. The molecule has 0 saturated heterocycles. The summed E-state index contributed by atoms with van der Waals surface area (Å²) in [5, 5.41) is 16.5. The molecule has 1 aromatic heterocycles. The van der Waals surface area contributed by atoms with E-state index in [1.165, 1.54) is 0 Å². The molecule has 0 spiro atoms. The first-order chi connectivity index (χ1) is 13.3. The Morgan fingerprint density at radius 1 is 1.00 bits per heavy atom. The van der Waals surface area contributed by atoms with Crippen LogP contribution < -0.4 is 0 Å². The van der Waals surface area contributed by atoms with Gasteiger partial charge in [0.1, 0.15) is 16.8 Å². The molecule has 1 heterocycles. The van der Waals surface area contributed by atoms with Gasteiger partial charge in [0.15, 0.2) is 0 Å². The van der Waals surface area contributed by atoms with E-state index in [1.807, 2.05) is 0 Å². The highest BCUT2D eigenvalue weighted by atomic mass is 35.5. The smallest absolute Gasteiger partial charge is 0.299 e. The van der Waals surface area contributed by atoms with E-state index in [-0.39, 0.29) is 24.2 Å². The molecule has 2 rings (SSSR count). The van der Waals surface area contributed by atoms with Crippen LogP contribution in [0, 0.1) is 22.7 Å². The van der Waals surface area contributed by atoms with Gasteiger partial charge in [0.2, 0.25) is 0 Å². The van der Waals surface area contributed by atoms with Gasteiger partial charge < -0.3 is 0 Å². The van der Waals surface area contributed by atoms with Crippen molar-refractivity contribution < 1.29 is 26.3 Å². The number of nitriles is 2. The van der Waals surface area contributed by atoms with Crippen LogP contribution in [0.5, 0.6) is 0 Å². The molecule has 2 aromatic rings. The van der Waals surface area contributed by atoms with E-state index in [0.29, 0.717) is 12.1 Å². The minimum absolute atomic E-state index is 0.223. The molecule has 3 nitrogen and oxygen atoms in total. The van der Waals surface area contributed by atoms with E-state index in [1.54, 1.807) is 12.1 Å². The van der Waals surface area contributed by atoms with Crippen molar-refractivity contribution in [2.24, 2.45) is 0 Å². The quantitative estimate of drug-likeness (QED) is 0.330. The lowest BCUT2D eigenvalue weighted by Gasteiger charge is -2.17. The molecule has 154 valence electrons. The summed E-state index contributed by atoms with van der Waals surface area (Å²) in [7, 11) is 0. The first kappa shape index (κ1) is 23.6. The standard InChI is InChI=1S/C16H6Cl3F6N3S/c17-9-4-7(15(20,21)22)5-10(18)12(9)28-11(2-1-3-26)13(29-16(23,24)25)8(6-27)14(28)19/h4-5H,1-2H2. The Bertz CT molecular complexity index is 1010. The lowest BCUT2D eigenvalue weighted by Crippen LogP contribution is -2.08. The van der Waals surface area contributed by atoms with Crippen LogP contribution in [-0.2, 0) is 12.6 Å². The maximum atomic E-state index is 13.0. The van der Waals surface area contributed by atoms with Crippen molar-refractivity contribution in [3.63, 3.8) is 0 Å². The van der Waals surface area contributed by atoms with Crippen LogP contribution in [-0.4, -0.2) is 10.1 Å². The Hall–Kier alpha value is -1.72. The van der Waals surface area contributed by atoms with Crippen molar-refractivity contribution in [3.05, 3.63) is 44.2 Å². The second kappa shape index (κ2) is 8.57. The lowest BCUT2D eigenvalue weighted by molar-refractivity contribution is -0.137. The molecule has 0 fully saturated rings. The molecular weight excluding hydrogens is 487 g/mol. The molecule has 29 heavy (non-hydrogen) atoms. The Morgan fingerprint density at radius 3 is 1.97 bits per heavy atom. The van der Waals surface area contributed by atoms with E-state index in [4.69, 9.17) is 40.1 Å². The van der Waals surface area contributed by atoms with Gasteiger partial charge in [0.25, 0.3) is 0 Å².